The lowest BCUT2D eigenvalue weighted by atomic mass is 10.2. The number of nitrogens with two attached hydrogens (primary N) is 1. The molecule has 5 heteroatoms. The molecular formula is C11H18N2O2S. The lowest BCUT2D eigenvalue weighted by molar-refractivity contribution is 0.0530. The molecule has 90 valence electrons. The summed E-state index contributed by atoms with van der Waals surface area (Å²) >= 11 is 1.39. The Kier molecular flexibility index (Phi) is 4.89. The second-order valence-corrected chi connectivity index (χ2v) is 4.72. The van der Waals surface area contributed by atoms with Crippen molar-refractivity contribution in [2.45, 2.75) is 39.7 Å². The topological polar surface area (TPSA) is 65.2 Å². The molecule has 0 bridgehead atoms. The van der Waals surface area contributed by atoms with Crippen LogP contribution < -0.4 is 5.73 Å². The van der Waals surface area contributed by atoms with E-state index in [1.165, 1.54) is 11.3 Å². The number of thiazole rings is 1. The summed E-state index contributed by atoms with van der Waals surface area (Å²) in [6, 6.07) is 0.0610. The van der Waals surface area contributed by atoms with E-state index in [9.17, 15) is 4.79 Å². The van der Waals surface area contributed by atoms with Gasteiger partial charge in [0.05, 0.1) is 17.3 Å². The molecule has 1 aromatic rings. The van der Waals surface area contributed by atoms with Gasteiger partial charge in [0.15, 0.2) is 0 Å². The second kappa shape index (κ2) is 5.96. The van der Waals surface area contributed by atoms with Crippen molar-refractivity contribution >= 4 is 17.3 Å². The van der Waals surface area contributed by atoms with Gasteiger partial charge in [0, 0.05) is 12.5 Å². The summed E-state index contributed by atoms with van der Waals surface area (Å²) in [7, 11) is 0. The van der Waals surface area contributed by atoms with Crippen LogP contribution in [0.25, 0.3) is 0 Å². The molecule has 1 atom stereocenters. The van der Waals surface area contributed by atoms with E-state index < -0.39 is 0 Å². The van der Waals surface area contributed by atoms with Crippen LogP contribution in [-0.2, 0) is 17.6 Å². The standard InChI is InChI=1S/C11H18N2O2S/c1-4-8-10(11(14)15-5-2)16-9(13-8)6-7(3)12/h7H,4-6,12H2,1-3H3. The van der Waals surface area contributed by atoms with E-state index in [4.69, 9.17) is 10.5 Å². The third-order valence-corrected chi connectivity index (χ3v) is 3.13. The van der Waals surface area contributed by atoms with Gasteiger partial charge in [-0.3, -0.25) is 0 Å². The van der Waals surface area contributed by atoms with Crippen LogP contribution in [0, 0.1) is 0 Å². The van der Waals surface area contributed by atoms with Gasteiger partial charge in [-0.1, -0.05) is 6.92 Å². The van der Waals surface area contributed by atoms with E-state index >= 15 is 0 Å². The van der Waals surface area contributed by atoms with Crippen LogP contribution in [-0.4, -0.2) is 23.6 Å². The van der Waals surface area contributed by atoms with Crippen molar-refractivity contribution in [3.05, 3.63) is 15.6 Å². The molecule has 0 amide bonds. The summed E-state index contributed by atoms with van der Waals surface area (Å²) in [4.78, 5) is 16.7. The van der Waals surface area contributed by atoms with E-state index in [2.05, 4.69) is 4.98 Å². The summed E-state index contributed by atoms with van der Waals surface area (Å²) in [5.41, 5.74) is 6.53. The average Bonchev–Trinajstić information content (AvgIpc) is 2.60. The smallest absolute Gasteiger partial charge is 0.350 e. The number of ether oxygens (including phenoxy) is 1. The zero-order chi connectivity index (χ0) is 12.1. The maximum Gasteiger partial charge on any atom is 0.350 e. The first-order chi connectivity index (χ1) is 7.58. The number of nitrogens with zero attached hydrogens (tertiary/aromatic N) is 1. The highest BCUT2D eigenvalue weighted by Crippen LogP contribution is 2.21. The van der Waals surface area contributed by atoms with Crippen molar-refractivity contribution in [3.63, 3.8) is 0 Å². The molecule has 2 N–H and O–H groups in total. The average molecular weight is 242 g/mol. The normalized spacial score (nSPS) is 12.5. The summed E-state index contributed by atoms with van der Waals surface area (Å²) < 4.78 is 4.99. The van der Waals surface area contributed by atoms with Crippen LogP contribution in [0.4, 0.5) is 0 Å². The zero-order valence-corrected chi connectivity index (χ0v) is 10.8. The Morgan fingerprint density at radius 1 is 1.56 bits per heavy atom. The van der Waals surface area contributed by atoms with Crippen molar-refractivity contribution in [2.24, 2.45) is 5.73 Å². The molecule has 0 radical (unpaired) electrons. The zero-order valence-electron chi connectivity index (χ0n) is 9.95. The van der Waals surface area contributed by atoms with E-state index in [1.54, 1.807) is 6.92 Å². The quantitative estimate of drug-likeness (QED) is 0.799. The monoisotopic (exact) mass is 242 g/mol. The number of carbonyl (C=O) groups excluding carboxylic acids is 1. The SMILES string of the molecule is CCOC(=O)c1sc(CC(C)N)nc1CC. The largest absolute Gasteiger partial charge is 0.462 e. The minimum absolute atomic E-state index is 0.0610. The van der Waals surface area contributed by atoms with Gasteiger partial charge in [-0.25, -0.2) is 9.78 Å². The fourth-order valence-electron chi connectivity index (χ4n) is 1.36. The number of hydrogen-bond acceptors (Lipinski definition) is 5. The van der Waals surface area contributed by atoms with Gasteiger partial charge in [0.1, 0.15) is 4.88 Å². The first-order valence-electron chi connectivity index (χ1n) is 5.49. The maximum absolute atomic E-state index is 11.6. The van der Waals surface area contributed by atoms with Crippen molar-refractivity contribution in [1.29, 1.82) is 0 Å². The molecule has 0 saturated heterocycles. The predicted octanol–water partition coefficient (Wildman–Crippen LogP) is 1.77. The highest BCUT2D eigenvalue weighted by Gasteiger charge is 2.18. The lowest BCUT2D eigenvalue weighted by Crippen LogP contribution is -2.17. The van der Waals surface area contributed by atoms with Crippen LogP contribution in [0.15, 0.2) is 0 Å². The molecule has 0 aromatic carbocycles. The molecule has 1 unspecified atom stereocenters. The Morgan fingerprint density at radius 2 is 2.25 bits per heavy atom. The van der Waals surface area contributed by atoms with Crippen LogP contribution in [0.1, 0.15) is 41.1 Å². The highest BCUT2D eigenvalue weighted by molar-refractivity contribution is 7.13. The Labute approximate surface area is 99.8 Å². The number of aryl methyl sites for hydroxylation is 1. The van der Waals surface area contributed by atoms with Gasteiger partial charge in [-0.15, -0.1) is 11.3 Å². The molecule has 0 fully saturated rings. The Balaban J connectivity index is 2.90. The fraction of sp³-hybridized carbons (Fsp3) is 0.636. The number of aromatic nitrogens is 1. The highest BCUT2D eigenvalue weighted by atomic mass is 32.1. The number of rotatable bonds is 5. The van der Waals surface area contributed by atoms with E-state index in [0.29, 0.717) is 17.9 Å². The van der Waals surface area contributed by atoms with Gasteiger partial charge in [-0.05, 0) is 20.3 Å². The summed E-state index contributed by atoms with van der Waals surface area (Å²) in [6.07, 6.45) is 1.45. The van der Waals surface area contributed by atoms with Gasteiger partial charge >= 0.3 is 5.97 Å². The van der Waals surface area contributed by atoms with Crippen molar-refractivity contribution < 1.29 is 9.53 Å². The van der Waals surface area contributed by atoms with Crippen molar-refractivity contribution in [2.75, 3.05) is 6.61 Å². The van der Waals surface area contributed by atoms with E-state index in [-0.39, 0.29) is 12.0 Å². The third kappa shape index (κ3) is 3.28. The van der Waals surface area contributed by atoms with E-state index in [1.807, 2.05) is 13.8 Å². The first kappa shape index (κ1) is 13.1. The summed E-state index contributed by atoms with van der Waals surface area (Å²) in [6.45, 7) is 6.10. The summed E-state index contributed by atoms with van der Waals surface area (Å²) in [5, 5.41) is 0.912. The number of esters is 1. The van der Waals surface area contributed by atoms with Crippen LogP contribution in [0.2, 0.25) is 0 Å². The Morgan fingerprint density at radius 3 is 2.75 bits per heavy atom. The minimum Gasteiger partial charge on any atom is -0.462 e. The van der Waals surface area contributed by atoms with Crippen molar-refractivity contribution in [1.82, 2.24) is 4.98 Å². The maximum atomic E-state index is 11.6. The molecule has 16 heavy (non-hydrogen) atoms. The summed E-state index contributed by atoms with van der Waals surface area (Å²) in [5.74, 6) is -0.271. The molecule has 0 saturated carbocycles. The molecule has 4 nitrogen and oxygen atoms in total. The molecule has 1 heterocycles. The molecule has 1 rings (SSSR count). The van der Waals surface area contributed by atoms with Gasteiger partial charge in [-0.2, -0.15) is 0 Å². The van der Waals surface area contributed by atoms with Crippen LogP contribution in [0.3, 0.4) is 0 Å². The number of hydrogen-bond donors (Lipinski definition) is 1. The minimum atomic E-state index is -0.271. The number of carbonyl (C=O) groups is 1. The molecule has 1 aromatic heterocycles. The van der Waals surface area contributed by atoms with E-state index in [0.717, 1.165) is 17.1 Å². The molecule has 0 aliphatic heterocycles. The molecule has 0 aliphatic carbocycles. The Bertz CT molecular complexity index is 361. The van der Waals surface area contributed by atoms with Crippen LogP contribution in [0.5, 0.6) is 0 Å². The fourth-order valence-corrected chi connectivity index (χ4v) is 2.55. The molecular weight excluding hydrogens is 224 g/mol. The third-order valence-electron chi connectivity index (χ3n) is 2.03. The second-order valence-electron chi connectivity index (χ2n) is 3.64. The first-order valence-corrected chi connectivity index (χ1v) is 6.31. The van der Waals surface area contributed by atoms with Gasteiger partial charge in [0.25, 0.3) is 0 Å². The predicted molar refractivity (Wildman–Crippen MR) is 64.8 cm³/mol. The van der Waals surface area contributed by atoms with Crippen molar-refractivity contribution in [3.8, 4) is 0 Å². The van der Waals surface area contributed by atoms with Gasteiger partial charge in [0.2, 0.25) is 0 Å². The van der Waals surface area contributed by atoms with Gasteiger partial charge < -0.3 is 10.5 Å². The Hall–Kier alpha value is -0.940. The van der Waals surface area contributed by atoms with Crippen LogP contribution >= 0.6 is 11.3 Å². The molecule has 0 aliphatic rings. The lowest BCUT2D eigenvalue weighted by Gasteiger charge is -1.99. The molecule has 0 spiro atoms.